The van der Waals surface area contributed by atoms with Crippen LogP contribution in [0.3, 0.4) is 0 Å². The van der Waals surface area contributed by atoms with E-state index in [1.807, 2.05) is 18.2 Å². The van der Waals surface area contributed by atoms with Gasteiger partial charge in [0.1, 0.15) is 17.7 Å². The maximum absolute atomic E-state index is 12.3. The number of nitriles is 1. The number of carbonyl (C=O) groups excluding carboxylic acids is 1. The minimum absolute atomic E-state index is 0.287. The van der Waals surface area contributed by atoms with Crippen molar-refractivity contribution >= 4 is 28.7 Å². The van der Waals surface area contributed by atoms with Crippen molar-refractivity contribution in [1.29, 1.82) is 5.26 Å². The molecule has 0 aliphatic carbocycles. The molecule has 2 N–H and O–H groups in total. The Balaban J connectivity index is 1.26. The molecular weight excluding hydrogens is 430 g/mol. The summed E-state index contributed by atoms with van der Waals surface area (Å²) in [5.41, 5.74) is 3.51. The van der Waals surface area contributed by atoms with Gasteiger partial charge < -0.3 is 10.5 Å². The average molecular weight is 447 g/mol. The Kier molecular flexibility index (Phi) is 5.30. The molecule has 2 aromatic carbocycles. The summed E-state index contributed by atoms with van der Waals surface area (Å²) < 4.78 is 2.75. The molecule has 34 heavy (non-hydrogen) atoms. The Morgan fingerprint density at radius 3 is 2.68 bits per heavy atom. The molecule has 9 nitrogen and oxygen atoms in total. The number of imidazole rings is 2. The predicted molar refractivity (Wildman–Crippen MR) is 126 cm³/mol. The molecule has 0 atom stereocenters. The molecule has 0 fully saturated rings. The highest BCUT2D eigenvalue weighted by atomic mass is 16.5. The quantitative estimate of drug-likeness (QED) is 0.310. The fourth-order valence-electron chi connectivity index (χ4n) is 3.42. The molecule has 9 heteroatoms. The number of benzene rings is 2. The van der Waals surface area contributed by atoms with Crippen LogP contribution in [0.15, 0.2) is 85.6 Å². The van der Waals surface area contributed by atoms with E-state index in [0.717, 1.165) is 16.1 Å². The molecule has 5 rings (SSSR count). The van der Waals surface area contributed by atoms with Crippen LogP contribution in [-0.2, 0) is 4.79 Å². The molecule has 0 aliphatic rings. The van der Waals surface area contributed by atoms with Crippen molar-refractivity contribution in [1.82, 2.24) is 24.2 Å². The summed E-state index contributed by atoms with van der Waals surface area (Å²) in [4.78, 5) is 25.1. The fraction of sp³-hybridized carbons (Fsp3) is 0. The normalized spacial score (nSPS) is 11.0. The second-order valence-corrected chi connectivity index (χ2v) is 7.38. The molecule has 1 amide bonds. The number of rotatable bonds is 5. The molecule has 0 aliphatic heterocycles. The summed E-state index contributed by atoms with van der Waals surface area (Å²) in [7, 11) is 0. The smallest absolute Gasteiger partial charge is 0.248 e. The summed E-state index contributed by atoms with van der Waals surface area (Å²) in [6.45, 7) is 0. The van der Waals surface area contributed by atoms with Gasteiger partial charge in [0.05, 0.1) is 17.1 Å². The number of nitrogens with one attached hydrogen (secondary N) is 1. The molecule has 0 saturated carbocycles. The van der Waals surface area contributed by atoms with Crippen molar-refractivity contribution in [3.8, 4) is 23.3 Å². The van der Waals surface area contributed by atoms with E-state index >= 15 is 0 Å². The van der Waals surface area contributed by atoms with Gasteiger partial charge in [0.15, 0.2) is 5.82 Å². The van der Waals surface area contributed by atoms with Crippen molar-refractivity contribution in [2.75, 3.05) is 5.32 Å². The number of fused-ring (bicyclic) bond motifs is 1. The van der Waals surface area contributed by atoms with Gasteiger partial charge in [0.25, 0.3) is 0 Å². The molecule has 0 bridgehead atoms. The van der Waals surface area contributed by atoms with Crippen LogP contribution in [0.25, 0.3) is 34.3 Å². The fourth-order valence-corrected chi connectivity index (χ4v) is 3.42. The van der Waals surface area contributed by atoms with Crippen LogP contribution in [0.5, 0.6) is 0 Å². The van der Waals surface area contributed by atoms with Crippen molar-refractivity contribution in [2.45, 2.75) is 0 Å². The summed E-state index contributed by atoms with van der Waals surface area (Å²) in [6.07, 6.45) is 9.93. The first-order chi connectivity index (χ1) is 16.6. The monoisotopic (exact) mass is 447 g/mol. The lowest BCUT2D eigenvalue weighted by atomic mass is 10.2. The zero-order valence-corrected chi connectivity index (χ0v) is 17.7. The Labute approximate surface area is 193 Å². The lowest BCUT2D eigenvalue weighted by Gasteiger charge is -2.05. The van der Waals surface area contributed by atoms with E-state index in [1.54, 1.807) is 78.0 Å². The summed E-state index contributed by atoms with van der Waals surface area (Å²) >= 11 is 0. The summed E-state index contributed by atoms with van der Waals surface area (Å²) in [5, 5.41) is 22.3. The standard InChI is InChI=1S/C25H17N7O2/c26-14-18-1-8-21-22(13-18)32(34)25(30-21)19-4-6-20(7-5-19)29-24(33)10-3-17-2-9-23(28-15-17)31-12-11-27-16-31/h1-13,15-16,34H,(H,29,33). The third-order valence-corrected chi connectivity index (χ3v) is 5.14. The molecule has 0 saturated heterocycles. The number of hydrogen-bond donors (Lipinski definition) is 2. The highest BCUT2D eigenvalue weighted by molar-refractivity contribution is 6.02. The van der Waals surface area contributed by atoms with Crippen LogP contribution in [0.4, 0.5) is 5.69 Å². The second-order valence-electron chi connectivity index (χ2n) is 7.38. The van der Waals surface area contributed by atoms with E-state index in [1.165, 1.54) is 6.08 Å². The Bertz CT molecular complexity index is 1540. The van der Waals surface area contributed by atoms with Gasteiger partial charge in [-0.05, 0) is 66.2 Å². The third kappa shape index (κ3) is 4.11. The maximum atomic E-state index is 12.3. The predicted octanol–water partition coefficient (Wildman–Crippen LogP) is 4.04. The molecule has 0 unspecified atom stereocenters. The van der Waals surface area contributed by atoms with Gasteiger partial charge in [-0.25, -0.2) is 15.0 Å². The first kappa shape index (κ1) is 20.7. The minimum atomic E-state index is -0.287. The van der Waals surface area contributed by atoms with Gasteiger partial charge in [-0.1, -0.05) is 0 Å². The first-order valence-electron chi connectivity index (χ1n) is 10.3. The van der Waals surface area contributed by atoms with Gasteiger partial charge in [-0.15, -0.1) is 0 Å². The number of amides is 1. The maximum Gasteiger partial charge on any atom is 0.248 e. The van der Waals surface area contributed by atoms with Crippen LogP contribution in [0.1, 0.15) is 11.1 Å². The minimum Gasteiger partial charge on any atom is -0.426 e. The largest absolute Gasteiger partial charge is 0.426 e. The van der Waals surface area contributed by atoms with Crippen LogP contribution >= 0.6 is 0 Å². The number of pyridine rings is 1. The van der Waals surface area contributed by atoms with Gasteiger partial charge in [-0.2, -0.15) is 9.99 Å². The zero-order chi connectivity index (χ0) is 23.5. The zero-order valence-electron chi connectivity index (χ0n) is 17.7. The first-order valence-corrected chi connectivity index (χ1v) is 10.3. The van der Waals surface area contributed by atoms with Gasteiger partial charge in [-0.3, -0.25) is 9.36 Å². The Morgan fingerprint density at radius 1 is 1.12 bits per heavy atom. The Hall–Kier alpha value is -5.23. The number of nitrogens with zero attached hydrogens (tertiary/aromatic N) is 6. The number of aromatic nitrogens is 5. The van der Waals surface area contributed by atoms with Crippen LogP contribution in [0, 0.1) is 11.3 Å². The van der Waals surface area contributed by atoms with E-state index in [0.29, 0.717) is 33.7 Å². The average Bonchev–Trinajstić information content (AvgIpc) is 3.52. The third-order valence-electron chi connectivity index (χ3n) is 5.14. The van der Waals surface area contributed by atoms with Crippen molar-refractivity contribution < 1.29 is 10.0 Å². The number of anilines is 1. The molecule has 164 valence electrons. The summed E-state index contributed by atoms with van der Waals surface area (Å²) in [6, 6.07) is 17.6. The topological polar surface area (TPSA) is 122 Å². The Morgan fingerprint density at radius 2 is 1.97 bits per heavy atom. The van der Waals surface area contributed by atoms with E-state index in [2.05, 4.69) is 20.3 Å². The van der Waals surface area contributed by atoms with Crippen molar-refractivity contribution in [3.05, 3.63) is 96.7 Å². The molecule has 5 aromatic rings. The van der Waals surface area contributed by atoms with E-state index in [4.69, 9.17) is 5.26 Å². The molecule has 0 spiro atoms. The van der Waals surface area contributed by atoms with Crippen LogP contribution < -0.4 is 5.32 Å². The lowest BCUT2D eigenvalue weighted by Crippen LogP contribution is -2.07. The van der Waals surface area contributed by atoms with E-state index in [9.17, 15) is 10.0 Å². The lowest BCUT2D eigenvalue weighted by molar-refractivity contribution is -0.111. The van der Waals surface area contributed by atoms with Gasteiger partial charge in [0.2, 0.25) is 5.91 Å². The molecular formula is C25H17N7O2. The van der Waals surface area contributed by atoms with Crippen molar-refractivity contribution in [3.63, 3.8) is 0 Å². The van der Waals surface area contributed by atoms with Crippen molar-refractivity contribution in [2.24, 2.45) is 0 Å². The van der Waals surface area contributed by atoms with Crippen LogP contribution in [-0.4, -0.2) is 35.4 Å². The number of carbonyl (C=O) groups is 1. The SMILES string of the molecule is N#Cc1ccc2nc(-c3ccc(NC(=O)C=Cc4ccc(-n5ccnc5)nc4)cc3)n(O)c2c1. The summed E-state index contributed by atoms with van der Waals surface area (Å²) in [5.74, 6) is 0.792. The molecule has 0 radical (unpaired) electrons. The molecule has 3 heterocycles. The van der Waals surface area contributed by atoms with E-state index < -0.39 is 0 Å². The second kappa shape index (κ2) is 8.72. The van der Waals surface area contributed by atoms with Crippen LogP contribution in [0.2, 0.25) is 0 Å². The molecule has 3 aromatic heterocycles. The highest BCUT2D eigenvalue weighted by Crippen LogP contribution is 2.25. The van der Waals surface area contributed by atoms with Gasteiger partial charge in [0, 0.05) is 35.9 Å². The van der Waals surface area contributed by atoms with E-state index in [-0.39, 0.29) is 5.91 Å². The number of hydrogen-bond acceptors (Lipinski definition) is 6. The highest BCUT2D eigenvalue weighted by Gasteiger charge is 2.13. The van der Waals surface area contributed by atoms with Gasteiger partial charge >= 0.3 is 0 Å².